The number of carbonyl (C=O) groups is 2. The van der Waals surface area contributed by atoms with Gasteiger partial charge in [-0.05, 0) is 92.7 Å². The van der Waals surface area contributed by atoms with E-state index in [1.807, 2.05) is 19.9 Å². The molecule has 0 atom stereocenters. The maximum Gasteiger partial charge on any atom is 0.345 e. The van der Waals surface area contributed by atoms with Crippen LogP contribution in [0.15, 0.2) is 103 Å². The molecule has 2 N–H and O–H groups in total. The van der Waals surface area contributed by atoms with Gasteiger partial charge >= 0.3 is 12.1 Å². The van der Waals surface area contributed by atoms with E-state index >= 15 is 0 Å². The molecule has 0 fully saturated rings. The lowest BCUT2D eigenvalue weighted by Crippen LogP contribution is -2.53. The van der Waals surface area contributed by atoms with Crippen LogP contribution in [-0.4, -0.2) is 25.3 Å². The predicted octanol–water partition coefficient (Wildman–Crippen LogP) is 7.83. The summed E-state index contributed by atoms with van der Waals surface area (Å²) < 4.78 is 11.0. The van der Waals surface area contributed by atoms with Gasteiger partial charge in [0, 0.05) is 16.4 Å². The van der Waals surface area contributed by atoms with E-state index in [4.69, 9.17) is 21.1 Å². The summed E-state index contributed by atoms with van der Waals surface area (Å²) in [4.78, 5) is 27.6. The highest BCUT2D eigenvalue weighted by molar-refractivity contribution is 6.31. The number of rotatable bonds is 8. The summed E-state index contributed by atoms with van der Waals surface area (Å²) in [6, 6.07) is 28.4. The summed E-state index contributed by atoms with van der Waals surface area (Å²) in [6.45, 7) is 4.86. The maximum atomic E-state index is 13.8. The summed E-state index contributed by atoms with van der Waals surface area (Å²) in [6.07, 6.45) is 0. The topological polar surface area (TPSA) is 83.1 Å². The van der Waals surface area contributed by atoms with Crippen molar-refractivity contribution in [3.63, 3.8) is 0 Å². The molecular formula is C30H29ClN4O4. The molecule has 0 aliphatic carbocycles. The number of nitrogens with one attached hydrogen (secondary N) is 2. The number of nitrogens with zero attached hydrogens (tertiary/aromatic N) is 2. The van der Waals surface area contributed by atoms with Gasteiger partial charge in [-0.15, -0.1) is 0 Å². The Labute approximate surface area is 232 Å². The molecule has 0 aliphatic rings. The van der Waals surface area contributed by atoms with Crippen LogP contribution in [0, 0.1) is 0 Å². The van der Waals surface area contributed by atoms with Gasteiger partial charge in [-0.1, -0.05) is 35.9 Å². The number of carbonyl (C=O) groups excluding carboxylic acids is 2. The van der Waals surface area contributed by atoms with Crippen LogP contribution in [0.1, 0.15) is 13.8 Å². The average Bonchev–Trinajstić information content (AvgIpc) is 2.94. The standard InChI is InChI=1S/C30H29ClN4O4/c1-3-38-27-17-13-23(14-18-27)32-29(36)34(25-10-6-5-7-11-25)35(26-12-8-9-22(31)21-26)30(37)33-24-15-19-28(20-16-24)39-4-2/h5-21H,3-4H2,1-2H3,(H,32,36)(H,33,37). The number of anilines is 4. The molecule has 4 aromatic rings. The molecule has 8 nitrogen and oxygen atoms in total. The summed E-state index contributed by atoms with van der Waals surface area (Å²) in [5.41, 5.74) is 1.90. The van der Waals surface area contributed by atoms with Crippen molar-refractivity contribution in [2.24, 2.45) is 0 Å². The van der Waals surface area contributed by atoms with E-state index in [1.54, 1.807) is 97.1 Å². The number of benzene rings is 4. The molecule has 0 saturated carbocycles. The Kier molecular flexibility index (Phi) is 9.26. The Morgan fingerprint density at radius 3 is 1.56 bits per heavy atom. The van der Waals surface area contributed by atoms with E-state index in [9.17, 15) is 9.59 Å². The lowest BCUT2D eigenvalue weighted by molar-refractivity contribution is 0.248. The van der Waals surface area contributed by atoms with Gasteiger partial charge in [-0.25, -0.2) is 9.59 Å². The number of hydrogen-bond acceptors (Lipinski definition) is 4. The van der Waals surface area contributed by atoms with E-state index in [0.29, 0.717) is 52.5 Å². The van der Waals surface area contributed by atoms with Crippen LogP contribution in [0.2, 0.25) is 5.02 Å². The second-order valence-electron chi connectivity index (χ2n) is 8.21. The van der Waals surface area contributed by atoms with Crippen molar-refractivity contribution in [1.82, 2.24) is 0 Å². The van der Waals surface area contributed by atoms with Crippen molar-refractivity contribution >= 4 is 46.4 Å². The van der Waals surface area contributed by atoms with Crippen molar-refractivity contribution in [3.05, 3.63) is 108 Å². The third-order valence-electron chi connectivity index (χ3n) is 5.47. The van der Waals surface area contributed by atoms with Crippen LogP contribution in [0.3, 0.4) is 0 Å². The first-order valence-electron chi connectivity index (χ1n) is 12.5. The van der Waals surface area contributed by atoms with Crippen LogP contribution >= 0.6 is 11.6 Å². The Morgan fingerprint density at radius 1 is 0.641 bits per heavy atom. The molecule has 200 valence electrons. The number of urea groups is 2. The number of amides is 4. The summed E-state index contributed by atoms with van der Waals surface area (Å²) in [5.74, 6) is 1.37. The number of hydrazine groups is 1. The van der Waals surface area contributed by atoms with Crippen molar-refractivity contribution in [2.75, 3.05) is 33.9 Å². The highest BCUT2D eigenvalue weighted by atomic mass is 35.5. The van der Waals surface area contributed by atoms with E-state index in [0.717, 1.165) is 0 Å². The molecule has 0 heterocycles. The second-order valence-corrected chi connectivity index (χ2v) is 8.65. The number of halogens is 1. The molecular weight excluding hydrogens is 516 g/mol. The first kappa shape index (κ1) is 27.3. The molecule has 39 heavy (non-hydrogen) atoms. The first-order chi connectivity index (χ1) is 19.0. The Morgan fingerprint density at radius 2 is 1.10 bits per heavy atom. The highest BCUT2D eigenvalue weighted by Crippen LogP contribution is 2.28. The van der Waals surface area contributed by atoms with Gasteiger partial charge in [0.15, 0.2) is 0 Å². The van der Waals surface area contributed by atoms with Gasteiger partial charge in [0.2, 0.25) is 0 Å². The highest BCUT2D eigenvalue weighted by Gasteiger charge is 2.30. The summed E-state index contributed by atoms with van der Waals surface area (Å²) >= 11 is 6.30. The SMILES string of the molecule is CCOc1ccc(NC(=O)N(c2ccccc2)N(C(=O)Nc2ccc(OCC)cc2)c2cccc(Cl)c2)cc1. The fourth-order valence-corrected chi connectivity index (χ4v) is 3.96. The van der Waals surface area contributed by atoms with Crippen LogP contribution in [0.5, 0.6) is 11.5 Å². The van der Waals surface area contributed by atoms with Crippen molar-refractivity contribution < 1.29 is 19.1 Å². The molecule has 0 bridgehead atoms. The van der Waals surface area contributed by atoms with Gasteiger partial charge in [-0.3, -0.25) is 0 Å². The zero-order valence-electron chi connectivity index (χ0n) is 21.6. The molecule has 4 aromatic carbocycles. The fourth-order valence-electron chi connectivity index (χ4n) is 3.78. The molecule has 4 rings (SSSR count). The van der Waals surface area contributed by atoms with E-state index in [-0.39, 0.29) is 0 Å². The lowest BCUT2D eigenvalue weighted by atomic mass is 10.2. The minimum Gasteiger partial charge on any atom is -0.494 e. The second kappa shape index (κ2) is 13.2. The van der Waals surface area contributed by atoms with Gasteiger partial charge < -0.3 is 20.1 Å². The third-order valence-corrected chi connectivity index (χ3v) is 5.71. The van der Waals surface area contributed by atoms with Gasteiger partial charge in [0.05, 0.1) is 24.6 Å². The monoisotopic (exact) mass is 544 g/mol. The minimum atomic E-state index is -0.577. The summed E-state index contributed by atoms with van der Waals surface area (Å²) in [5, 5.41) is 8.65. The molecule has 9 heteroatoms. The zero-order chi connectivity index (χ0) is 27.6. The average molecular weight is 545 g/mol. The van der Waals surface area contributed by atoms with Crippen LogP contribution < -0.4 is 30.1 Å². The molecule has 0 aromatic heterocycles. The number of hydrogen-bond donors (Lipinski definition) is 2. The fraction of sp³-hybridized carbons (Fsp3) is 0.133. The van der Waals surface area contributed by atoms with E-state index in [1.165, 1.54) is 10.0 Å². The first-order valence-corrected chi connectivity index (χ1v) is 12.8. The Bertz CT molecular complexity index is 1380. The van der Waals surface area contributed by atoms with E-state index in [2.05, 4.69) is 10.6 Å². The number of ether oxygens (including phenoxy) is 2. The maximum absolute atomic E-state index is 13.8. The van der Waals surface area contributed by atoms with E-state index < -0.39 is 12.1 Å². The predicted molar refractivity (Wildman–Crippen MR) is 156 cm³/mol. The molecule has 0 unspecified atom stereocenters. The van der Waals surface area contributed by atoms with Crippen molar-refractivity contribution in [1.29, 1.82) is 0 Å². The van der Waals surface area contributed by atoms with Crippen LogP contribution in [0.25, 0.3) is 0 Å². The lowest BCUT2D eigenvalue weighted by Gasteiger charge is -2.34. The smallest absolute Gasteiger partial charge is 0.345 e. The quantitative estimate of drug-likeness (QED) is 0.221. The molecule has 0 saturated heterocycles. The largest absolute Gasteiger partial charge is 0.494 e. The Hall–Kier alpha value is -4.69. The summed E-state index contributed by atoms with van der Waals surface area (Å²) in [7, 11) is 0. The van der Waals surface area contributed by atoms with Gasteiger partial charge in [-0.2, -0.15) is 10.0 Å². The molecule has 0 aliphatic heterocycles. The number of para-hydroxylation sites is 1. The minimum absolute atomic E-state index is 0.386. The molecule has 0 radical (unpaired) electrons. The third kappa shape index (κ3) is 7.21. The zero-order valence-corrected chi connectivity index (χ0v) is 22.4. The van der Waals surface area contributed by atoms with Crippen LogP contribution in [-0.2, 0) is 0 Å². The molecule has 0 spiro atoms. The molecule has 4 amide bonds. The van der Waals surface area contributed by atoms with Crippen molar-refractivity contribution in [2.45, 2.75) is 13.8 Å². The Balaban J connectivity index is 1.71. The van der Waals surface area contributed by atoms with Crippen LogP contribution in [0.4, 0.5) is 32.3 Å². The normalized spacial score (nSPS) is 10.3. The van der Waals surface area contributed by atoms with Crippen molar-refractivity contribution in [3.8, 4) is 11.5 Å². The van der Waals surface area contributed by atoms with Gasteiger partial charge in [0.25, 0.3) is 0 Å². The van der Waals surface area contributed by atoms with Gasteiger partial charge in [0.1, 0.15) is 11.5 Å².